The molecular weight excluding hydrogens is 636 g/mol. The quantitative estimate of drug-likeness (QED) is 0.129. The van der Waals surface area contributed by atoms with Gasteiger partial charge in [0, 0.05) is 0 Å². The van der Waals surface area contributed by atoms with Crippen LogP contribution >= 0.6 is 16.3 Å². The molecule has 234 valence electrons. The number of aliphatic hydroxyl groups excluding tert-OH is 1. The Morgan fingerprint density at radius 1 is 1.14 bits per heavy atom. The largest absolute Gasteiger partial charge is 0.663 e. The van der Waals surface area contributed by atoms with E-state index in [1.54, 1.807) is 0 Å². The van der Waals surface area contributed by atoms with Gasteiger partial charge in [0.15, 0.2) is 36.0 Å². The molecule has 1 unspecified atom stereocenters. The molecule has 4 aliphatic heterocycles. The Hall–Kier alpha value is -4.37. The second-order valence-corrected chi connectivity index (χ2v) is 12.2. The highest BCUT2D eigenvalue weighted by Crippen LogP contribution is 2.61. The van der Waals surface area contributed by atoms with Gasteiger partial charge in [0.25, 0.3) is 23.0 Å². The third kappa shape index (κ3) is 4.70. The van der Waals surface area contributed by atoms with Crippen LogP contribution in [0.1, 0.15) is 5.76 Å². The van der Waals surface area contributed by atoms with E-state index in [1.807, 2.05) is 0 Å². The van der Waals surface area contributed by atoms with Gasteiger partial charge in [-0.1, -0.05) is 0 Å². The first-order valence-electron chi connectivity index (χ1n) is 12.4. The lowest BCUT2D eigenvalue weighted by molar-refractivity contribution is 0.102. The van der Waals surface area contributed by atoms with E-state index in [9.17, 15) is 34.6 Å². The molecule has 4 aliphatic rings. The molecule has 24 heteroatoms. The van der Waals surface area contributed by atoms with Gasteiger partial charge in [-0.05, 0) is 0 Å². The Labute approximate surface area is 244 Å². The van der Waals surface area contributed by atoms with E-state index in [0.29, 0.717) is 17.8 Å². The van der Waals surface area contributed by atoms with Crippen molar-refractivity contribution >= 4 is 39.1 Å². The molecule has 2 bridgehead atoms. The molecule has 22 nitrogen and oxygen atoms in total. The van der Waals surface area contributed by atoms with Gasteiger partial charge in [0.05, 0.1) is 25.2 Å². The van der Waals surface area contributed by atoms with Gasteiger partial charge < -0.3 is 40.6 Å². The lowest BCUT2D eigenvalue weighted by atomic mass is 10.3. The Bertz CT molecular complexity index is 1820. The van der Waals surface area contributed by atoms with Crippen molar-refractivity contribution in [3.8, 4) is 11.5 Å². The van der Waals surface area contributed by atoms with Crippen LogP contribution in [0.15, 0.2) is 51.0 Å². The molecule has 0 aromatic carbocycles. The number of nitrogens with zero attached hydrogens (tertiary/aromatic N) is 4. The number of nitrogens with one attached hydrogen (secondary N) is 4. The molecule has 0 amide bonds. The molecule has 3 aromatic rings. The Morgan fingerprint density at radius 2 is 1.95 bits per heavy atom. The summed E-state index contributed by atoms with van der Waals surface area (Å²) in [6, 6.07) is 0. The van der Waals surface area contributed by atoms with Crippen LogP contribution in [0.5, 0.6) is 11.5 Å². The molecular formula is C20H23N9O13P2+2. The predicted molar refractivity (Wildman–Crippen MR) is 144 cm³/mol. The number of fused-ring (bicyclic) bond motifs is 5. The predicted octanol–water partition coefficient (Wildman–Crippen LogP) is -2.29. The van der Waals surface area contributed by atoms with Crippen molar-refractivity contribution < 1.29 is 57.0 Å². The van der Waals surface area contributed by atoms with Gasteiger partial charge >= 0.3 is 16.3 Å². The molecule has 12 N–H and O–H groups in total. The fraction of sp³-hybridized carbons (Fsp3) is 0.250. The average Bonchev–Trinajstić information content (AvgIpc) is 3.73. The zero-order valence-corrected chi connectivity index (χ0v) is 23.6. The van der Waals surface area contributed by atoms with Gasteiger partial charge in [-0.15, -0.1) is 4.52 Å². The lowest BCUT2D eigenvalue weighted by Crippen LogP contribution is -2.51. The molecule has 2 atom stereocenters. The van der Waals surface area contributed by atoms with E-state index >= 15 is 0 Å². The number of H-pyrrole nitrogens is 1. The molecule has 1 fully saturated rings. The molecule has 44 heavy (non-hydrogen) atoms. The Balaban J connectivity index is 1.27. The normalized spacial score (nSPS) is 25.5. The minimum atomic E-state index is -4.92. The van der Waals surface area contributed by atoms with Gasteiger partial charge in [-0.3, -0.25) is 23.7 Å². The van der Waals surface area contributed by atoms with Crippen LogP contribution in [-0.2, 0) is 24.9 Å². The minimum Gasteiger partial charge on any atom is -0.500 e. The summed E-state index contributed by atoms with van der Waals surface area (Å²) < 4.78 is 33.1. The average molecular weight is 659 g/mol. The van der Waals surface area contributed by atoms with Crippen molar-refractivity contribution in [2.45, 2.75) is 18.9 Å². The number of aliphatic hydroxyl groups is 1. The van der Waals surface area contributed by atoms with E-state index in [1.165, 1.54) is 11.1 Å². The standard InChI is InChI=1S/C20H21N9O13P2/c21-16-11-17(23-4-22-16)29(6-25-11)19-13(31)14-9(40-19)3-38-44(35,36)42-15-12(30)8(2-37-43(33,34)41-14)39-20(15)28-5-24-10-7(28)1-26-27-18(10)32/h1-2,5,12,17,23,30,33-36H,3-4,6H2,(H4-2,21,22,25,26,27,31,32)/p+2/b8-2+/t12-,17?/m1/s1. The topological polar surface area (TPSA) is 310 Å². The maximum absolute atomic E-state index is 12.1. The number of ether oxygens (including phenoxy) is 1. The maximum atomic E-state index is 12.1. The Kier molecular flexibility index (Phi) is 6.51. The van der Waals surface area contributed by atoms with Crippen molar-refractivity contribution in [1.29, 1.82) is 0 Å². The van der Waals surface area contributed by atoms with Gasteiger partial charge in [-0.25, -0.2) is 14.6 Å². The number of nitrogens with two attached hydrogens (primary N) is 1. The maximum Gasteiger partial charge on any atom is 0.663 e. The lowest BCUT2D eigenvalue weighted by Gasteiger charge is -2.28. The van der Waals surface area contributed by atoms with Gasteiger partial charge in [-0.2, -0.15) is 24.7 Å². The summed E-state index contributed by atoms with van der Waals surface area (Å²) in [5.41, 5.74) is 5.87. The van der Waals surface area contributed by atoms with Crippen molar-refractivity contribution in [3.63, 3.8) is 0 Å². The summed E-state index contributed by atoms with van der Waals surface area (Å²) in [4.78, 5) is 60.2. The number of imidazole rings is 1. The fourth-order valence-corrected chi connectivity index (χ4v) is 6.19. The summed E-state index contributed by atoms with van der Waals surface area (Å²) >= 11 is 0. The molecule has 0 radical (unpaired) electrons. The third-order valence-corrected chi connectivity index (χ3v) is 8.37. The number of anilines is 1. The Morgan fingerprint density at radius 3 is 2.77 bits per heavy atom. The molecule has 1 saturated heterocycles. The summed E-state index contributed by atoms with van der Waals surface area (Å²) in [6.07, 6.45) is 0.360. The van der Waals surface area contributed by atoms with E-state index in [-0.39, 0.29) is 30.3 Å². The zero-order chi connectivity index (χ0) is 31.0. The second kappa shape index (κ2) is 10.1. The first-order valence-corrected chi connectivity index (χ1v) is 15.4. The molecule has 7 heterocycles. The summed E-state index contributed by atoms with van der Waals surface area (Å²) in [7, 11) is -9.83. The first kappa shape index (κ1) is 28.4. The summed E-state index contributed by atoms with van der Waals surface area (Å²) in [5, 5.41) is 36.9. The first-order chi connectivity index (χ1) is 20.9. The zero-order valence-electron chi connectivity index (χ0n) is 21.8. The van der Waals surface area contributed by atoms with Gasteiger partial charge in [0.2, 0.25) is 11.6 Å². The van der Waals surface area contributed by atoms with Crippen LogP contribution < -0.4 is 36.7 Å². The van der Waals surface area contributed by atoms with Crippen molar-refractivity contribution in [2.75, 3.05) is 18.2 Å². The minimum absolute atomic E-state index is 0.0678. The molecule has 3 aromatic heterocycles. The number of rotatable bonds is 2. The van der Waals surface area contributed by atoms with Crippen molar-refractivity contribution in [1.82, 2.24) is 35.7 Å². The molecule has 0 spiro atoms. The number of hydrogen-bond donors (Lipinski definition) is 11. The molecule has 0 saturated carbocycles. The summed E-state index contributed by atoms with van der Waals surface area (Å²) in [6.45, 7) is -0.521. The van der Waals surface area contributed by atoms with Crippen LogP contribution in [0.2, 0.25) is 0 Å². The van der Waals surface area contributed by atoms with Crippen molar-refractivity contribution in [2.24, 2.45) is 5.73 Å². The highest BCUT2D eigenvalue weighted by atomic mass is 31.2. The second-order valence-electron chi connectivity index (χ2n) is 9.38. The van der Waals surface area contributed by atoms with E-state index in [4.69, 9.17) is 33.0 Å². The van der Waals surface area contributed by atoms with Crippen molar-refractivity contribution in [3.05, 3.63) is 57.9 Å². The fourth-order valence-electron chi connectivity index (χ4n) is 4.71. The van der Waals surface area contributed by atoms with Gasteiger partial charge in [0.1, 0.15) is 23.8 Å². The number of aromatic amines is 1. The van der Waals surface area contributed by atoms with Crippen LogP contribution in [0.3, 0.4) is 0 Å². The monoisotopic (exact) mass is 659 g/mol. The van der Waals surface area contributed by atoms with Crippen LogP contribution in [0, 0.1) is 0 Å². The number of furan rings is 1. The number of aromatic hydroxyl groups is 1. The number of aromatic nitrogens is 4. The number of hydrogen-bond acceptors (Lipinski definition) is 20. The van der Waals surface area contributed by atoms with Crippen LogP contribution in [0.4, 0.5) is 5.88 Å². The SMILES string of the molecule is NC1=C2NCN(c3oc4c(c3O)O[P+](O)(O)O/C=C3/OC(n5cnc6c(=O)[nH]ncc65)=C(O[P+](O)(O)OC4)[C@@H]3O)C2NCN1. The highest BCUT2D eigenvalue weighted by Gasteiger charge is 2.53. The van der Waals surface area contributed by atoms with E-state index in [2.05, 4.69) is 31.1 Å². The highest BCUT2D eigenvalue weighted by molar-refractivity contribution is 7.55. The smallest absolute Gasteiger partial charge is 0.500 e. The molecule has 0 aliphatic carbocycles. The molecule has 7 rings (SSSR count). The van der Waals surface area contributed by atoms with Crippen LogP contribution in [-0.4, -0.2) is 75.1 Å². The van der Waals surface area contributed by atoms with E-state index in [0.717, 1.165) is 10.9 Å². The summed E-state index contributed by atoms with van der Waals surface area (Å²) in [5.74, 6) is -3.31. The third-order valence-electron chi connectivity index (χ3n) is 6.67. The van der Waals surface area contributed by atoms with Crippen LogP contribution in [0.25, 0.3) is 16.9 Å². The van der Waals surface area contributed by atoms with E-state index < -0.39 is 75.4 Å².